The highest BCUT2D eigenvalue weighted by molar-refractivity contribution is 7.10. The summed E-state index contributed by atoms with van der Waals surface area (Å²) in [6.07, 6.45) is 2.13. The van der Waals surface area contributed by atoms with Crippen molar-refractivity contribution in [2.75, 3.05) is 18.4 Å². The molecule has 23 heavy (non-hydrogen) atoms. The molecular formula is C15H17Cl2N3O2S. The summed E-state index contributed by atoms with van der Waals surface area (Å²) >= 11 is 7.38. The van der Waals surface area contributed by atoms with Gasteiger partial charge in [0.15, 0.2) is 0 Å². The van der Waals surface area contributed by atoms with Gasteiger partial charge in [-0.25, -0.2) is 4.98 Å². The first-order chi connectivity index (χ1) is 10.6. The average Bonchev–Trinajstić information content (AvgIpc) is 2.99. The fraction of sp³-hybridized carbons (Fsp3) is 0.333. The lowest BCUT2D eigenvalue weighted by Gasteiger charge is -2.20. The second-order valence-electron chi connectivity index (χ2n) is 5.19. The lowest BCUT2D eigenvalue weighted by molar-refractivity contribution is 0.102. The van der Waals surface area contributed by atoms with Crippen molar-refractivity contribution in [3.8, 4) is 5.75 Å². The number of thiazole rings is 1. The molecule has 1 saturated heterocycles. The Balaban J connectivity index is 0.00000192. The van der Waals surface area contributed by atoms with Gasteiger partial charge in [0.2, 0.25) is 0 Å². The van der Waals surface area contributed by atoms with Crippen LogP contribution in [0.4, 0.5) is 5.82 Å². The summed E-state index contributed by atoms with van der Waals surface area (Å²) < 4.78 is 0. The summed E-state index contributed by atoms with van der Waals surface area (Å²) in [5.74, 6) is 0.344. The lowest BCUT2D eigenvalue weighted by Crippen LogP contribution is -2.26. The van der Waals surface area contributed by atoms with Crippen LogP contribution in [0.1, 0.15) is 34.1 Å². The summed E-state index contributed by atoms with van der Waals surface area (Å²) in [5, 5.41) is 18.9. The predicted octanol–water partition coefficient (Wildman–Crippen LogP) is 3.64. The van der Waals surface area contributed by atoms with Gasteiger partial charge in [-0.3, -0.25) is 4.79 Å². The average molecular weight is 374 g/mol. The van der Waals surface area contributed by atoms with Crippen molar-refractivity contribution >= 4 is 47.1 Å². The molecule has 2 aromatic rings. The van der Waals surface area contributed by atoms with Gasteiger partial charge >= 0.3 is 0 Å². The third kappa shape index (κ3) is 4.14. The van der Waals surface area contributed by atoms with Crippen LogP contribution in [0.15, 0.2) is 23.6 Å². The van der Waals surface area contributed by atoms with E-state index in [0.717, 1.165) is 30.9 Å². The van der Waals surface area contributed by atoms with Crippen LogP contribution in [-0.4, -0.2) is 29.1 Å². The summed E-state index contributed by atoms with van der Waals surface area (Å²) in [4.78, 5) is 16.7. The molecule has 1 aliphatic rings. The number of rotatable bonds is 3. The number of aromatic hydroxyl groups is 1. The number of halogens is 2. The topological polar surface area (TPSA) is 74.2 Å². The number of carbonyl (C=O) groups is 1. The highest BCUT2D eigenvalue weighted by Crippen LogP contribution is 2.30. The minimum Gasteiger partial charge on any atom is -0.506 e. The van der Waals surface area contributed by atoms with Gasteiger partial charge in [-0.15, -0.1) is 23.7 Å². The first-order valence-electron chi connectivity index (χ1n) is 7.10. The summed E-state index contributed by atoms with van der Waals surface area (Å²) in [7, 11) is 0. The number of hydrogen-bond acceptors (Lipinski definition) is 5. The minimum absolute atomic E-state index is 0. The summed E-state index contributed by atoms with van der Waals surface area (Å²) in [5.41, 5.74) is 0.143. The second-order valence-corrected chi connectivity index (χ2v) is 6.48. The van der Waals surface area contributed by atoms with Gasteiger partial charge in [-0.2, -0.15) is 0 Å². The maximum atomic E-state index is 12.2. The lowest BCUT2D eigenvalue weighted by atomic mass is 9.99. The smallest absolute Gasteiger partial charge is 0.260 e. The van der Waals surface area contributed by atoms with E-state index >= 15 is 0 Å². The Labute approximate surface area is 149 Å². The number of nitrogens with zero attached hydrogens (tertiary/aromatic N) is 1. The number of para-hydroxylation sites is 1. The quantitative estimate of drug-likeness (QED) is 0.767. The van der Waals surface area contributed by atoms with Gasteiger partial charge in [0, 0.05) is 11.3 Å². The fourth-order valence-electron chi connectivity index (χ4n) is 2.48. The third-order valence-electron chi connectivity index (χ3n) is 3.68. The maximum Gasteiger partial charge on any atom is 0.260 e. The van der Waals surface area contributed by atoms with Gasteiger partial charge in [-0.05, 0) is 38.1 Å². The van der Waals surface area contributed by atoms with Crippen LogP contribution < -0.4 is 10.6 Å². The highest BCUT2D eigenvalue weighted by Gasteiger charge is 2.20. The number of amides is 1. The molecule has 3 N–H and O–H groups in total. The molecule has 1 fully saturated rings. The van der Waals surface area contributed by atoms with E-state index < -0.39 is 5.91 Å². The molecule has 124 valence electrons. The predicted molar refractivity (Wildman–Crippen MR) is 95.3 cm³/mol. The van der Waals surface area contributed by atoms with Gasteiger partial charge in [-0.1, -0.05) is 17.7 Å². The highest BCUT2D eigenvalue weighted by atomic mass is 35.5. The normalized spacial score (nSPS) is 15.0. The largest absolute Gasteiger partial charge is 0.506 e. The zero-order chi connectivity index (χ0) is 15.5. The van der Waals surface area contributed by atoms with E-state index in [2.05, 4.69) is 15.6 Å². The van der Waals surface area contributed by atoms with Crippen LogP contribution in [0, 0.1) is 0 Å². The van der Waals surface area contributed by atoms with E-state index in [4.69, 9.17) is 11.6 Å². The molecule has 1 aromatic heterocycles. The molecule has 0 bridgehead atoms. The number of piperidine rings is 1. The maximum absolute atomic E-state index is 12.2. The number of phenolic OH excluding ortho intramolecular Hbond substituents is 1. The van der Waals surface area contributed by atoms with Crippen LogP contribution in [0.25, 0.3) is 0 Å². The molecule has 1 aromatic carbocycles. The molecular weight excluding hydrogens is 357 g/mol. The molecule has 0 unspecified atom stereocenters. The number of nitrogens with one attached hydrogen (secondary N) is 2. The number of phenols is 1. The molecule has 0 aliphatic carbocycles. The summed E-state index contributed by atoms with van der Waals surface area (Å²) in [6.45, 7) is 2.00. The molecule has 1 aliphatic heterocycles. The Morgan fingerprint density at radius 2 is 2.13 bits per heavy atom. The van der Waals surface area contributed by atoms with Crippen LogP contribution >= 0.6 is 35.3 Å². The van der Waals surface area contributed by atoms with Crippen molar-refractivity contribution in [2.45, 2.75) is 18.8 Å². The molecule has 0 saturated carbocycles. The molecule has 5 nitrogen and oxygen atoms in total. The first kappa shape index (κ1) is 18.0. The van der Waals surface area contributed by atoms with Crippen molar-refractivity contribution in [3.63, 3.8) is 0 Å². The molecule has 1 amide bonds. The van der Waals surface area contributed by atoms with Crippen LogP contribution in [0.2, 0.25) is 5.02 Å². The Kier molecular flexibility index (Phi) is 6.24. The molecule has 8 heteroatoms. The SMILES string of the molecule is Cl.O=C(Nc1csc(C2CCNCC2)n1)c1cccc(Cl)c1O. The first-order valence-corrected chi connectivity index (χ1v) is 8.36. The van der Waals surface area contributed by atoms with Gasteiger partial charge in [0.1, 0.15) is 11.6 Å². The van der Waals surface area contributed by atoms with Crippen LogP contribution in [-0.2, 0) is 0 Å². The Hall–Kier alpha value is -1.34. The molecule has 0 atom stereocenters. The van der Waals surface area contributed by atoms with Crippen molar-refractivity contribution in [1.82, 2.24) is 10.3 Å². The van der Waals surface area contributed by atoms with E-state index in [0.29, 0.717) is 11.7 Å². The van der Waals surface area contributed by atoms with E-state index in [1.807, 2.05) is 5.38 Å². The Bertz CT molecular complexity index is 687. The standard InChI is InChI=1S/C15H16ClN3O2S.ClH/c16-11-3-1-2-10(13(11)20)14(21)18-12-8-22-15(19-12)9-4-6-17-7-5-9;/h1-3,8-9,17,20H,4-7H2,(H,18,21);1H. The van der Waals surface area contributed by atoms with Gasteiger partial charge in [0.25, 0.3) is 5.91 Å². The van der Waals surface area contributed by atoms with Crippen molar-refractivity contribution in [3.05, 3.63) is 39.2 Å². The van der Waals surface area contributed by atoms with E-state index in [1.165, 1.54) is 12.1 Å². The molecule has 2 heterocycles. The van der Waals surface area contributed by atoms with E-state index in [9.17, 15) is 9.90 Å². The van der Waals surface area contributed by atoms with E-state index in [-0.39, 0.29) is 28.7 Å². The number of hydrogen-bond donors (Lipinski definition) is 3. The molecule has 3 rings (SSSR count). The summed E-state index contributed by atoms with van der Waals surface area (Å²) in [6, 6.07) is 4.68. The fourth-order valence-corrected chi connectivity index (χ4v) is 3.58. The van der Waals surface area contributed by atoms with E-state index in [1.54, 1.807) is 17.4 Å². The second kappa shape index (κ2) is 7.97. The van der Waals surface area contributed by atoms with Crippen molar-refractivity contribution in [1.29, 1.82) is 0 Å². The number of carbonyl (C=O) groups excluding carboxylic acids is 1. The Morgan fingerprint density at radius 3 is 2.87 bits per heavy atom. The molecule has 0 spiro atoms. The zero-order valence-electron chi connectivity index (χ0n) is 12.2. The third-order valence-corrected chi connectivity index (χ3v) is 5.00. The van der Waals surface area contributed by atoms with Crippen LogP contribution in [0.3, 0.4) is 0 Å². The monoisotopic (exact) mass is 373 g/mol. The molecule has 0 radical (unpaired) electrons. The van der Waals surface area contributed by atoms with Crippen molar-refractivity contribution < 1.29 is 9.90 Å². The number of benzene rings is 1. The Morgan fingerprint density at radius 1 is 1.39 bits per heavy atom. The minimum atomic E-state index is -0.415. The number of aromatic nitrogens is 1. The van der Waals surface area contributed by atoms with Gasteiger partial charge < -0.3 is 15.7 Å². The number of anilines is 1. The van der Waals surface area contributed by atoms with Crippen LogP contribution in [0.5, 0.6) is 5.75 Å². The van der Waals surface area contributed by atoms with Crippen molar-refractivity contribution in [2.24, 2.45) is 0 Å². The van der Waals surface area contributed by atoms with Gasteiger partial charge in [0.05, 0.1) is 15.6 Å². The zero-order valence-corrected chi connectivity index (χ0v) is 14.6.